The molecule has 0 aliphatic rings. The fraction of sp³-hybridized carbons (Fsp3) is 0.143. The molecule has 0 saturated carbocycles. The molecule has 21 heavy (non-hydrogen) atoms. The number of thioether (sulfide) groups is 1. The van der Waals surface area contributed by atoms with Gasteiger partial charge in [-0.15, -0.1) is 23.1 Å². The quantitative estimate of drug-likeness (QED) is 0.435. The standard InChI is InChI=1S/C14H10Cl2O3S2/c1-19-14(18)8-4-2-3-5-11(8)20-7-10(17)9-6-12(15)21-13(9)16/h2-6H,7H2,1H3. The zero-order chi connectivity index (χ0) is 15.4. The Labute approximate surface area is 140 Å². The van der Waals surface area contributed by atoms with Gasteiger partial charge in [-0.25, -0.2) is 4.79 Å². The Hall–Kier alpha value is -1.01. The van der Waals surface area contributed by atoms with Crippen molar-refractivity contribution in [2.24, 2.45) is 0 Å². The van der Waals surface area contributed by atoms with Crippen molar-refractivity contribution in [1.82, 2.24) is 0 Å². The Kier molecular flexibility index (Phi) is 5.70. The van der Waals surface area contributed by atoms with Gasteiger partial charge >= 0.3 is 5.97 Å². The topological polar surface area (TPSA) is 43.4 Å². The highest BCUT2D eigenvalue weighted by atomic mass is 35.5. The molecule has 0 aliphatic carbocycles. The number of rotatable bonds is 5. The van der Waals surface area contributed by atoms with E-state index in [1.807, 2.05) is 0 Å². The summed E-state index contributed by atoms with van der Waals surface area (Å²) in [5.74, 6) is -0.393. The monoisotopic (exact) mass is 360 g/mol. The van der Waals surface area contributed by atoms with Gasteiger partial charge in [0.2, 0.25) is 0 Å². The Morgan fingerprint density at radius 2 is 1.95 bits per heavy atom. The molecule has 0 saturated heterocycles. The Bertz CT molecular complexity index is 683. The number of ketones is 1. The van der Waals surface area contributed by atoms with Crippen LogP contribution in [0, 0.1) is 0 Å². The second-order valence-corrected chi connectivity index (χ2v) is 7.24. The van der Waals surface area contributed by atoms with Gasteiger partial charge in [-0.3, -0.25) is 4.79 Å². The molecule has 1 heterocycles. The van der Waals surface area contributed by atoms with Crippen LogP contribution in [0.1, 0.15) is 20.7 Å². The SMILES string of the molecule is COC(=O)c1ccccc1SCC(=O)c1cc(Cl)sc1Cl. The molecule has 0 atom stereocenters. The van der Waals surface area contributed by atoms with Crippen molar-refractivity contribution in [3.05, 3.63) is 50.1 Å². The van der Waals surface area contributed by atoms with Crippen LogP contribution in [-0.4, -0.2) is 24.6 Å². The molecule has 0 spiro atoms. The summed E-state index contributed by atoms with van der Waals surface area (Å²) >= 11 is 14.2. The number of ether oxygens (including phenoxy) is 1. The fourth-order valence-corrected chi connectivity index (χ4v) is 4.05. The van der Waals surface area contributed by atoms with Crippen LogP contribution in [0.25, 0.3) is 0 Å². The molecule has 7 heteroatoms. The third-order valence-electron chi connectivity index (χ3n) is 2.61. The first kappa shape index (κ1) is 16.4. The van der Waals surface area contributed by atoms with E-state index in [1.54, 1.807) is 30.3 Å². The van der Waals surface area contributed by atoms with Gasteiger partial charge in [0.1, 0.15) is 4.34 Å². The van der Waals surface area contributed by atoms with Gasteiger partial charge in [0.15, 0.2) is 5.78 Å². The van der Waals surface area contributed by atoms with Crippen molar-refractivity contribution in [3.8, 4) is 0 Å². The van der Waals surface area contributed by atoms with E-state index in [4.69, 9.17) is 27.9 Å². The Morgan fingerprint density at radius 1 is 1.24 bits per heavy atom. The largest absolute Gasteiger partial charge is 0.465 e. The minimum absolute atomic E-state index is 0.132. The van der Waals surface area contributed by atoms with E-state index >= 15 is 0 Å². The van der Waals surface area contributed by atoms with Crippen LogP contribution in [-0.2, 0) is 4.74 Å². The highest BCUT2D eigenvalue weighted by Gasteiger charge is 2.17. The molecule has 3 nitrogen and oxygen atoms in total. The first-order chi connectivity index (χ1) is 10.0. The van der Waals surface area contributed by atoms with Gasteiger partial charge in [-0.05, 0) is 18.2 Å². The summed E-state index contributed by atoms with van der Waals surface area (Å²) in [5.41, 5.74) is 0.849. The summed E-state index contributed by atoms with van der Waals surface area (Å²) in [4.78, 5) is 24.5. The minimum atomic E-state index is -0.429. The van der Waals surface area contributed by atoms with Crippen molar-refractivity contribution in [3.63, 3.8) is 0 Å². The van der Waals surface area contributed by atoms with E-state index in [0.717, 1.165) is 11.3 Å². The molecule has 110 valence electrons. The molecule has 2 rings (SSSR count). The molecule has 0 N–H and O–H groups in total. The zero-order valence-corrected chi connectivity index (χ0v) is 14.0. The molecule has 0 radical (unpaired) electrons. The normalized spacial score (nSPS) is 10.4. The lowest BCUT2D eigenvalue weighted by molar-refractivity contribution is 0.0596. The molecule has 0 bridgehead atoms. The number of benzene rings is 1. The average molecular weight is 361 g/mol. The number of carbonyl (C=O) groups excluding carboxylic acids is 2. The van der Waals surface area contributed by atoms with Crippen molar-refractivity contribution in [1.29, 1.82) is 0 Å². The lowest BCUT2D eigenvalue weighted by Crippen LogP contribution is -2.05. The van der Waals surface area contributed by atoms with E-state index in [2.05, 4.69) is 0 Å². The number of Topliss-reactive ketones (excluding diaryl/α,β-unsaturated/α-hetero) is 1. The highest BCUT2D eigenvalue weighted by Crippen LogP contribution is 2.33. The number of carbonyl (C=O) groups is 2. The van der Waals surface area contributed by atoms with Gasteiger partial charge < -0.3 is 4.74 Å². The van der Waals surface area contributed by atoms with E-state index in [-0.39, 0.29) is 11.5 Å². The van der Waals surface area contributed by atoms with Crippen LogP contribution in [0.15, 0.2) is 35.2 Å². The third kappa shape index (κ3) is 4.01. The van der Waals surface area contributed by atoms with Crippen molar-refractivity contribution < 1.29 is 14.3 Å². The maximum atomic E-state index is 12.1. The van der Waals surface area contributed by atoms with E-state index in [1.165, 1.54) is 18.9 Å². The van der Waals surface area contributed by atoms with Gasteiger partial charge in [-0.1, -0.05) is 35.3 Å². The van der Waals surface area contributed by atoms with Crippen LogP contribution < -0.4 is 0 Å². The first-order valence-corrected chi connectivity index (χ1v) is 8.37. The molecule has 0 unspecified atom stereocenters. The van der Waals surface area contributed by atoms with Crippen molar-refractivity contribution in [2.45, 2.75) is 4.90 Å². The van der Waals surface area contributed by atoms with Crippen LogP contribution in [0.2, 0.25) is 8.67 Å². The van der Waals surface area contributed by atoms with Crippen LogP contribution in [0.4, 0.5) is 0 Å². The maximum Gasteiger partial charge on any atom is 0.338 e. The number of hydrogen-bond donors (Lipinski definition) is 0. The smallest absolute Gasteiger partial charge is 0.338 e. The molecule has 0 aliphatic heterocycles. The summed E-state index contributed by atoms with van der Waals surface area (Å²) in [6.45, 7) is 0. The predicted octanol–water partition coefficient (Wildman–Crippen LogP) is 4.82. The van der Waals surface area contributed by atoms with Crippen LogP contribution in [0.3, 0.4) is 0 Å². The molecular formula is C14H10Cl2O3S2. The van der Waals surface area contributed by atoms with Crippen molar-refractivity contribution in [2.75, 3.05) is 12.9 Å². The summed E-state index contributed by atoms with van der Waals surface area (Å²) < 4.78 is 5.57. The maximum absolute atomic E-state index is 12.1. The summed E-state index contributed by atoms with van der Waals surface area (Å²) in [6.07, 6.45) is 0. The number of hydrogen-bond acceptors (Lipinski definition) is 5. The van der Waals surface area contributed by atoms with Gasteiger partial charge in [0.05, 0.1) is 22.8 Å². The third-order valence-corrected chi connectivity index (χ3v) is 5.17. The Balaban J connectivity index is 2.12. The molecule has 1 aromatic carbocycles. The molecule has 2 aromatic rings. The van der Waals surface area contributed by atoms with Crippen LogP contribution >= 0.6 is 46.3 Å². The van der Waals surface area contributed by atoms with E-state index in [9.17, 15) is 9.59 Å². The first-order valence-electron chi connectivity index (χ1n) is 5.81. The highest BCUT2D eigenvalue weighted by molar-refractivity contribution is 8.00. The number of halogens is 2. The lowest BCUT2D eigenvalue weighted by atomic mass is 10.2. The number of esters is 1. The van der Waals surface area contributed by atoms with Crippen LogP contribution in [0.5, 0.6) is 0 Å². The van der Waals surface area contributed by atoms with Gasteiger partial charge in [0, 0.05) is 10.5 Å². The lowest BCUT2D eigenvalue weighted by Gasteiger charge is -2.06. The number of methoxy groups -OCH3 is 1. The Morgan fingerprint density at radius 3 is 2.57 bits per heavy atom. The second-order valence-electron chi connectivity index (χ2n) is 3.94. The molecule has 0 fully saturated rings. The van der Waals surface area contributed by atoms with E-state index in [0.29, 0.717) is 24.7 Å². The number of thiophene rings is 1. The molecular weight excluding hydrogens is 351 g/mol. The average Bonchev–Trinajstić information content (AvgIpc) is 2.83. The minimum Gasteiger partial charge on any atom is -0.465 e. The molecule has 0 amide bonds. The fourth-order valence-electron chi connectivity index (χ4n) is 1.62. The summed E-state index contributed by atoms with van der Waals surface area (Å²) in [7, 11) is 1.32. The predicted molar refractivity (Wildman–Crippen MR) is 87.2 cm³/mol. The molecule has 1 aromatic heterocycles. The zero-order valence-electron chi connectivity index (χ0n) is 10.9. The van der Waals surface area contributed by atoms with Gasteiger partial charge in [-0.2, -0.15) is 0 Å². The summed E-state index contributed by atoms with van der Waals surface area (Å²) in [5, 5.41) is 0. The summed E-state index contributed by atoms with van der Waals surface area (Å²) in [6, 6.07) is 8.53. The van der Waals surface area contributed by atoms with E-state index < -0.39 is 5.97 Å². The van der Waals surface area contributed by atoms with Gasteiger partial charge in [0.25, 0.3) is 0 Å². The second kappa shape index (κ2) is 7.31. The van der Waals surface area contributed by atoms with Crippen molar-refractivity contribution >= 4 is 58.1 Å².